The van der Waals surface area contributed by atoms with E-state index in [1.807, 2.05) is 0 Å². The fourth-order valence-corrected chi connectivity index (χ4v) is 0.303. The predicted octanol–water partition coefficient (Wildman–Crippen LogP) is -1.50. The minimum atomic E-state index is -0.833. The molecule has 5 N–H and O–H groups in total. The third kappa shape index (κ3) is 2.54. The molecule has 0 saturated heterocycles. The van der Waals surface area contributed by atoms with Crippen LogP contribution in [0, 0.1) is 5.41 Å². The number of amidine groups is 1. The molecule has 8 heavy (non-hydrogen) atoms. The SMILES string of the molecule is CNCC(O)C(=N)N. The maximum atomic E-state index is 8.71. The van der Waals surface area contributed by atoms with Crippen LogP contribution < -0.4 is 11.1 Å². The van der Waals surface area contributed by atoms with Crippen LogP contribution in [0.1, 0.15) is 0 Å². The van der Waals surface area contributed by atoms with Crippen molar-refractivity contribution in [2.45, 2.75) is 6.10 Å². The molecule has 1 atom stereocenters. The number of aliphatic hydroxyl groups is 1. The summed E-state index contributed by atoms with van der Waals surface area (Å²) in [4.78, 5) is 0. The van der Waals surface area contributed by atoms with E-state index in [-0.39, 0.29) is 5.84 Å². The van der Waals surface area contributed by atoms with E-state index < -0.39 is 6.10 Å². The maximum Gasteiger partial charge on any atom is 0.123 e. The molecule has 0 aliphatic heterocycles. The van der Waals surface area contributed by atoms with E-state index in [2.05, 4.69) is 5.32 Å². The Morgan fingerprint density at radius 3 is 2.62 bits per heavy atom. The quantitative estimate of drug-likeness (QED) is 0.268. The topological polar surface area (TPSA) is 82.1 Å². The van der Waals surface area contributed by atoms with Crippen LogP contribution in [0.15, 0.2) is 0 Å². The highest BCUT2D eigenvalue weighted by molar-refractivity contribution is 5.81. The summed E-state index contributed by atoms with van der Waals surface area (Å²) in [6, 6.07) is 0. The van der Waals surface area contributed by atoms with Crippen molar-refractivity contribution in [3.05, 3.63) is 0 Å². The average Bonchev–Trinajstić information content (AvgIpc) is 1.67. The third-order valence-electron chi connectivity index (χ3n) is 0.756. The van der Waals surface area contributed by atoms with Crippen molar-refractivity contribution in [3.8, 4) is 0 Å². The van der Waals surface area contributed by atoms with E-state index in [0.717, 1.165) is 0 Å². The Balaban J connectivity index is 3.32. The smallest absolute Gasteiger partial charge is 0.123 e. The second-order valence-corrected chi connectivity index (χ2v) is 1.53. The molecular weight excluding hydrogens is 106 g/mol. The summed E-state index contributed by atoms with van der Waals surface area (Å²) in [7, 11) is 1.69. The standard InChI is InChI=1S/C4H11N3O/c1-7-2-3(8)4(5)6/h3,7-8H,2H2,1H3,(H3,5,6). The Kier molecular flexibility index (Phi) is 3.14. The lowest BCUT2D eigenvalue weighted by atomic mass is 10.3. The van der Waals surface area contributed by atoms with Gasteiger partial charge in [0.15, 0.2) is 0 Å². The highest BCUT2D eigenvalue weighted by atomic mass is 16.3. The van der Waals surface area contributed by atoms with Gasteiger partial charge in [-0.2, -0.15) is 0 Å². The normalized spacial score (nSPS) is 13.2. The van der Waals surface area contributed by atoms with Gasteiger partial charge >= 0.3 is 0 Å². The van der Waals surface area contributed by atoms with Gasteiger partial charge in [-0.15, -0.1) is 0 Å². The Bertz CT molecular complexity index is 83.4. The Morgan fingerprint density at radius 2 is 2.50 bits per heavy atom. The fraction of sp³-hybridized carbons (Fsp3) is 0.750. The molecule has 0 aliphatic rings. The lowest BCUT2D eigenvalue weighted by Crippen LogP contribution is -2.35. The van der Waals surface area contributed by atoms with Crippen molar-refractivity contribution in [1.82, 2.24) is 5.32 Å². The molecule has 0 aromatic carbocycles. The number of aliphatic hydroxyl groups excluding tert-OH is 1. The van der Waals surface area contributed by atoms with Gasteiger partial charge in [0.25, 0.3) is 0 Å². The summed E-state index contributed by atoms with van der Waals surface area (Å²) < 4.78 is 0. The molecule has 0 amide bonds. The van der Waals surface area contributed by atoms with Gasteiger partial charge < -0.3 is 16.2 Å². The van der Waals surface area contributed by atoms with Crippen molar-refractivity contribution in [2.24, 2.45) is 5.73 Å². The molecule has 4 heteroatoms. The molecule has 1 unspecified atom stereocenters. The van der Waals surface area contributed by atoms with Crippen LogP contribution in [-0.4, -0.2) is 30.6 Å². The number of nitrogens with two attached hydrogens (primary N) is 1. The summed E-state index contributed by atoms with van der Waals surface area (Å²) in [6.45, 7) is 0.343. The van der Waals surface area contributed by atoms with E-state index in [9.17, 15) is 0 Å². The number of hydrogen-bond acceptors (Lipinski definition) is 3. The number of nitrogens with one attached hydrogen (secondary N) is 2. The molecule has 0 aliphatic carbocycles. The lowest BCUT2D eigenvalue weighted by molar-refractivity contribution is 0.238. The molecule has 0 spiro atoms. The molecule has 0 heterocycles. The van der Waals surface area contributed by atoms with Gasteiger partial charge in [-0.25, -0.2) is 0 Å². The molecule has 48 valence electrons. The lowest BCUT2D eigenvalue weighted by Gasteiger charge is -2.05. The second-order valence-electron chi connectivity index (χ2n) is 1.53. The van der Waals surface area contributed by atoms with Gasteiger partial charge in [-0.3, -0.25) is 5.41 Å². The van der Waals surface area contributed by atoms with Crippen molar-refractivity contribution >= 4 is 5.84 Å². The summed E-state index contributed by atoms with van der Waals surface area (Å²) in [5, 5.41) is 18.1. The Hall–Kier alpha value is -0.610. The minimum absolute atomic E-state index is 0.195. The first-order valence-electron chi connectivity index (χ1n) is 2.35. The monoisotopic (exact) mass is 117 g/mol. The van der Waals surface area contributed by atoms with E-state index in [4.69, 9.17) is 16.2 Å². The second kappa shape index (κ2) is 3.40. The first-order chi connectivity index (χ1) is 3.68. The third-order valence-corrected chi connectivity index (χ3v) is 0.756. The van der Waals surface area contributed by atoms with Crippen molar-refractivity contribution in [3.63, 3.8) is 0 Å². The fourth-order valence-electron chi connectivity index (χ4n) is 0.303. The zero-order valence-corrected chi connectivity index (χ0v) is 4.81. The Morgan fingerprint density at radius 1 is 2.00 bits per heavy atom. The van der Waals surface area contributed by atoms with Crippen LogP contribution in [0.5, 0.6) is 0 Å². The van der Waals surface area contributed by atoms with Gasteiger partial charge in [0, 0.05) is 6.54 Å². The molecule has 0 saturated carbocycles. The van der Waals surface area contributed by atoms with Crippen molar-refractivity contribution in [1.29, 1.82) is 5.41 Å². The number of likely N-dealkylation sites (N-methyl/N-ethyl adjacent to an activating group) is 1. The molecule has 0 bridgehead atoms. The van der Waals surface area contributed by atoms with Crippen LogP contribution >= 0.6 is 0 Å². The maximum absolute atomic E-state index is 8.71. The predicted molar refractivity (Wildman–Crippen MR) is 31.8 cm³/mol. The van der Waals surface area contributed by atoms with Crippen LogP contribution in [0.25, 0.3) is 0 Å². The number of hydrogen-bond donors (Lipinski definition) is 4. The van der Waals surface area contributed by atoms with Crippen LogP contribution in [0.2, 0.25) is 0 Å². The van der Waals surface area contributed by atoms with Crippen LogP contribution in [0.4, 0.5) is 0 Å². The molecule has 4 nitrogen and oxygen atoms in total. The Labute approximate surface area is 48.2 Å². The van der Waals surface area contributed by atoms with E-state index in [0.29, 0.717) is 6.54 Å². The van der Waals surface area contributed by atoms with E-state index >= 15 is 0 Å². The summed E-state index contributed by atoms with van der Waals surface area (Å²) in [6.07, 6.45) is -0.833. The first kappa shape index (κ1) is 7.39. The molecular formula is C4H11N3O. The summed E-state index contributed by atoms with van der Waals surface area (Å²) in [5.74, 6) is -0.195. The van der Waals surface area contributed by atoms with Gasteiger partial charge in [-0.05, 0) is 7.05 Å². The van der Waals surface area contributed by atoms with Crippen molar-refractivity contribution in [2.75, 3.05) is 13.6 Å². The minimum Gasteiger partial charge on any atom is -0.385 e. The first-order valence-corrected chi connectivity index (χ1v) is 2.35. The summed E-state index contributed by atoms with van der Waals surface area (Å²) in [5.41, 5.74) is 4.92. The van der Waals surface area contributed by atoms with Gasteiger partial charge in [0.05, 0.1) is 0 Å². The van der Waals surface area contributed by atoms with Gasteiger partial charge in [-0.1, -0.05) is 0 Å². The molecule has 0 aromatic rings. The average molecular weight is 117 g/mol. The molecule has 0 fully saturated rings. The summed E-state index contributed by atoms with van der Waals surface area (Å²) >= 11 is 0. The molecule has 0 rings (SSSR count). The highest BCUT2D eigenvalue weighted by Gasteiger charge is 2.02. The van der Waals surface area contributed by atoms with Crippen LogP contribution in [0.3, 0.4) is 0 Å². The van der Waals surface area contributed by atoms with Crippen LogP contribution in [-0.2, 0) is 0 Å². The van der Waals surface area contributed by atoms with Gasteiger partial charge in [0.1, 0.15) is 11.9 Å². The van der Waals surface area contributed by atoms with E-state index in [1.54, 1.807) is 7.05 Å². The highest BCUT2D eigenvalue weighted by Crippen LogP contribution is 1.74. The zero-order valence-electron chi connectivity index (χ0n) is 4.81. The largest absolute Gasteiger partial charge is 0.385 e. The molecule has 0 aromatic heterocycles. The van der Waals surface area contributed by atoms with Crippen molar-refractivity contribution < 1.29 is 5.11 Å². The molecule has 0 radical (unpaired) electrons. The van der Waals surface area contributed by atoms with E-state index in [1.165, 1.54) is 0 Å². The zero-order chi connectivity index (χ0) is 6.57. The van der Waals surface area contributed by atoms with Gasteiger partial charge in [0.2, 0.25) is 0 Å². The number of rotatable bonds is 3.